The van der Waals surface area contributed by atoms with Gasteiger partial charge < -0.3 is 9.64 Å². The first-order valence-corrected chi connectivity index (χ1v) is 11.7. The summed E-state index contributed by atoms with van der Waals surface area (Å²) in [6.07, 6.45) is -3.98. The van der Waals surface area contributed by atoms with Crippen LogP contribution in [0.1, 0.15) is 47.4 Å². The molecule has 0 saturated carbocycles. The van der Waals surface area contributed by atoms with Crippen LogP contribution >= 0.6 is 0 Å². The number of fused-ring (bicyclic) bond motifs is 1. The molecular formula is C26H27F3N4O3. The van der Waals surface area contributed by atoms with E-state index in [4.69, 9.17) is 4.74 Å². The molecule has 1 aromatic heterocycles. The largest absolute Gasteiger partial charge is 0.449 e. The van der Waals surface area contributed by atoms with Gasteiger partial charge in [-0.1, -0.05) is 25.1 Å². The Morgan fingerprint density at radius 3 is 2.28 bits per heavy atom. The summed E-state index contributed by atoms with van der Waals surface area (Å²) in [6, 6.07) is 10.9. The minimum atomic E-state index is -4.83. The van der Waals surface area contributed by atoms with Crippen molar-refractivity contribution in [3.63, 3.8) is 0 Å². The van der Waals surface area contributed by atoms with Crippen LogP contribution in [-0.2, 0) is 10.9 Å². The van der Waals surface area contributed by atoms with Crippen LogP contribution in [0.2, 0.25) is 0 Å². The topological polar surface area (TPSA) is 67.7 Å². The number of halogens is 3. The average molecular weight is 501 g/mol. The molecule has 0 fully saturated rings. The fourth-order valence-corrected chi connectivity index (χ4v) is 4.41. The van der Waals surface area contributed by atoms with E-state index in [9.17, 15) is 22.8 Å². The summed E-state index contributed by atoms with van der Waals surface area (Å²) < 4.78 is 48.8. The predicted octanol–water partition coefficient (Wildman–Crippen LogP) is 5.91. The lowest BCUT2D eigenvalue weighted by Crippen LogP contribution is -2.53. The Morgan fingerprint density at radius 1 is 1.06 bits per heavy atom. The Hall–Kier alpha value is -3.82. The Labute approximate surface area is 207 Å². The minimum Gasteiger partial charge on any atom is -0.449 e. The summed E-state index contributed by atoms with van der Waals surface area (Å²) in [5.74, 6) is -0.837. The fraction of sp³-hybridized carbons (Fsp3) is 0.346. The number of aromatic nitrogens is 2. The lowest BCUT2D eigenvalue weighted by atomic mass is 9.99. The van der Waals surface area contributed by atoms with Crippen LogP contribution in [0.4, 0.5) is 29.3 Å². The van der Waals surface area contributed by atoms with Gasteiger partial charge in [-0.2, -0.15) is 18.3 Å². The second-order valence-electron chi connectivity index (χ2n) is 8.62. The van der Waals surface area contributed by atoms with Crippen molar-refractivity contribution in [2.75, 3.05) is 23.0 Å². The van der Waals surface area contributed by atoms with E-state index in [2.05, 4.69) is 5.10 Å². The van der Waals surface area contributed by atoms with E-state index in [1.54, 1.807) is 37.3 Å². The molecule has 36 heavy (non-hydrogen) atoms. The second-order valence-corrected chi connectivity index (χ2v) is 8.62. The summed E-state index contributed by atoms with van der Waals surface area (Å²) in [5, 5.41) is 3.93. The zero-order valence-corrected chi connectivity index (χ0v) is 20.5. The lowest BCUT2D eigenvalue weighted by molar-refractivity contribution is -0.143. The van der Waals surface area contributed by atoms with E-state index in [0.29, 0.717) is 17.8 Å². The first-order valence-electron chi connectivity index (χ1n) is 11.7. The van der Waals surface area contributed by atoms with Crippen molar-refractivity contribution in [2.45, 2.75) is 46.3 Å². The van der Waals surface area contributed by atoms with Gasteiger partial charge in [-0.05, 0) is 62.6 Å². The number of benzene rings is 2. The van der Waals surface area contributed by atoms with Crippen molar-refractivity contribution >= 4 is 23.4 Å². The van der Waals surface area contributed by atoms with E-state index in [1.165, 1.54) is 21.9 Å². The highest BCUT2D eigenvalue weighted by molar-refractivity contribution is 6.11. The number of para-hydroxylation sites is 1. The third-order valence-corrected chi connectivity index (χ3v) is 6.35. The molecule has 2 aromatic carbocycles. The maximum Gasteiger partial charge on any atom is 0.434 e. The number of nitrogens with zero attached hydrogens (tertiary/aromatic N) is 4. The number of hydrogen-bond donors (Lipinski definition) is 0. The van der Waals surface area contributed by atoms with Crippen molar-refractivity contribution in [2.24, 2.45) is 0 Å². The van der Waals surface area contributed by atoms with Crippen molar-refractivity contribution in [1.82, 2.24) is 9.78 Å². The molecule has 0 saturated heterocycles. The van der Waals surface area contributed by atoms with Gasteiger partial charge in [-0.25, -0.2) is 9.48 Å². The van der Waals surface area contributed by atoms with E-state index >= 15 is 0 Å². The van der Waals surface area contributed by atoms with E-state index in [0.717, 1.165) is 22.0 Å². The van der Waals surface area contributed by atoms with Crippen LogP contribution in [0.25, 0.3) is 5.69 Å². The standard InChI is InChI=1S/C26H27F3N4O3/c1-5-18-15-31(21-12-16(3)17(4)13-22(21)32(18)25(35)36-6-2)24(34)20-14-30-33(23(20)26(27,28)29)19-10-8-7-9-11-19/h7-14,18H,5-6,15H2,1-4H3. The molecule has 0 spiro atoms. The highest BCUT2D eigenvalue weighted by Crippen LogP contribution is 2.41. The number of amides is 2. The number of alkyl halides is 3. The zero-order chi connectivity index (χ0) is 26.2. The number of carbonyl (C=O) groups excluding carboxylic acids is 2. The number of aryl methyl sites for hydroxylation is 2. The molecule has 1 unspecified atom stereocenters. The monoisotopic (exact) mass is 500 g/mol. The maximum absolute atomic E-state index is 14.3. The van der Waals surface area contributed by atoms with E-state index in [-0.39, 0.29) is 18.8 Å². The van der Waals surface area contributed by atoms with Crippen LogP contribution in [0.3, 0.4) is 0 Å². The molecule has 10 heteroatoms. The van der Waals surface area contributed by atoms with E-state index in [1.807, 2.05) is 20.8 Å². The van der Waals surface area contributed by atoms with Crippen LogP contribution in [0.15, 0.2) is 48.7 Å². The number of carbonyl (C=O) groups is 2. The first-order chi connectivity index (χ1) is 17.1. The summed E-state index contributed by atoms with van der Waals surface area (Å²) in [5.41, 5.74) is 0.962. The summed E-state index contributed by atoms with van der Waals surface area (Å²) in [6.45, 7) is 7.43. The lowest BCUT2D eigenvalue weighted by Gasteiger charge is -2.42. The van der Waals surface area contributed by atoms with Gasteiger partial charge in [0.2, 0.25) is 0 Å². The van der Waals surface area contributed by atoms with Crippen LogP contribution in [-0.4, -0.2) is 41.0 Å². The third-order valence-electron chi connectivity index (χ3n) is 6.35. The van der Waals surface area contributed by atoms with Crippen LogP contribution < -0.4 is 9.80 Å². The van der Waals surface area contributed by atoms with Crippen LogP contribution in [0, 0.1) is 13.8 Å². The fourth-order valence-electron chi connectivity index (χ4n) is 4.41. The molecule has 3 aromatic rings. The number of anilines is 2. The number of rotatable bonds is 4. The van der Waals surface area contributed by atoms with Crippen molar-refractivity contribution in [3.8, 4) is 5.69 Å². The zero-order valence-electron chi connectivity index (χ0n) is 20.5. The molecule has 0 aliphatic carbocycles. The molecule has 7 nitrogen and oxygen atoms in total. The Bertz CT molecular complexity index is 1290. The highest BCUT2D eigenvalue weighted by Gasteiger charge is 2.44. The van der Waals surface area contributed by atoms with Crippen molar-refractivity contribution < 1.29 is 27.5 Å². The van der Waals surface area contributed by atoms with Gasteiger partial charge in [0.05, 0.1) is 41.5 Å². The van der Waals surface area contributed by atoms with Gasteiger partial charge in [0.1, 0.15) is 0 Å². The van der Waals surface area contributed by atoms with Gasteiger partial charge in [-0.15, -0.1) is 0 Å². The molecule has 4 rings (SSSR count). The van der Waals surface area contributed by atoms with Crippen molar-refractivity contribution in [1.29, 1.82) is 0 Å². The Morgan fingerprint density at radius 2 is 1.69 bits per heavy atom. The van der Waals surface area contributed by atoms with Gasteiger partial charge in [-0.3, -0.25) is 9.69 Å². The smallest absolute Gasteiger partial charge is 0.434 e. The minimum absolute atomic E-state index is 0.0114. The molecule has 0 bridgehead atoms. The van der Waals surface area contributed by atoms with Gasteiger partial charge in [0.25, 0.3) is 5.91 Å². The molecule has 0 N–H and O–H groups in total. The quantitative estimate of drug-likeness (QED) is 0.447. The number of ether oxygens (including phenoxy) is 1. The summed E-state index contributed by atoms with van der Waals surface area (Å²) in [4.78, 5) is 29.4. The molecule has 2 amide bonds. The highest BCUT2D eigenvalue weighted by atomic mass is 19.4. The first kappa shape index (κ1) is 25.3. The molecule has 2 heterocycles. The molecule has 1 atom stereocenters. The molecule has 1 aliphatic heterocycles. The number of hydrogen-bond acceptors (Lipinski definition) is 4. The molecule has 190 valence electrons. The maximum atomic E-state index is 14.3. The Kier molecular flexibility index (Phi) is 6.79. The van der Waals surface area contributed by atoms with Gasteiger partial charge in [0.15, 0.2) is 5.69 Å². The second kappa shape index (κ2) is 9.67. The SMILES string of the molecule is CCOC(=O)N1c2cc(C)c(C)cc2N(C(=O)c2cnn(-c3ccccc3)c2C(F)(F)F)CC1CC. The third kappa shape index (κ3) is 4.43. The van der Waals surface area contributed by atoms with Crippen molar-refractivity contribution in [3.05, 3.63) is 71.0 Å². The molecule has 0 radical (unpaired) electrons. The van der Waals surface area contributed by atoms with Crippen LogP contribution in [0.5, 0.6) is 0 Å². The Balaban J connectivity index is 1.87. The molecular weight excluding hydrogens is 473 g/mol. The summed E-state index contributed by atoms with van der Waals surface area (Å²) >= 11 is 0. The van der Waals surface area contributed by atoms with Gasteiger partial charge in [0, 0.05) is 6.54 Å². The predicted molar refractivity (Wildman–Crippen MR) is 130 cm³/mol. The summed E-state index contributed by atoms with van der Waals surface area (Å²) in [7, 11) is 0. The van der Waals surface area contributed by atoms with Gasteiger partial charge >= 0.3 is 12.3 Å². The normalized spacial score (nSPS) is 15.6. The molecule has 1 aliphatic rings. The average Bonchev–Trinajstić information content (AvgIpc) is 3.30. The van der Waals surface area contributed by atoms with E-state index < -0.39 is 35.5 Å².